The molecule has 4 heteroatoms. The minimum Gasteiger partial charge on any atom is -0.314 e. The second kappa shape index (κ2) is 6.94. The highest BCUT2D eigenvalue weighted by molar-refractivity contribution is 5.33. The molecule has 0 bridgehead atoms. The van der Waals surface area contributed by atoms with E-state index < -0.39 is 11.7 Å². The fourth-order valence-corrected chi connectivity index (χ4v) is 2.44. The maximum absolute atomic E-state index is 13.0. The number of halogens is 3. The molecule has 0 saturated carbocycles. The Balaban J connectivity index is 3.05. The predicted molar refractivity (Wildman–Crippen MR) is 72.2 cm³/mol. The molecule has 2 unspecified atom stereocenters. The van der Waals surface area contributed by atoms with Gasteiger partial charge in [0.15, 0.2) is 0 Å². The first kappa shape index (κ1) is 16.0. The molecule has 0 fully saturated rings. The summed E-state index contributed by atoms with van der Waals surface area (Å²) in [7, 11) is 0. The fourth-order valence-electron chi connectivity index (χ4n) is 2.44. The lowest BCUT2D eigenvalue weighted by Gasteiger charge is -2.27. The number of alkyl halides is 3. The van der Waals surface area contributed by atoms with Crippen molar-refractivity contribution < 1.29 is 13.2 Å². The molecule has 1 aromatic carbocycles. The van der Waals surface area contributed by atoms with Gasteiger partial charge >= 0.3 is 6.18 Å². The summed E-state index contributed by atoms with van der Waals surface area (Å²) in [5.74, 6) is -0.121. The third-order valence-corrected chi connectivity index (χ3v) is 3.43. The lowest BCUT2D eigenvalue weighted by atomic mass is 9.86. The van der Waals surface area contributed by atoms with E-state index in [0.29, 0.717) is 12.0 Å². The van der Waals surface area contributed by atoms with Crippen molar-refractivity contribution in [3.05, 3.63) is 35.4 Å². The molecule has 0 aliphatic heterocycles. The third-order valence-electron chi connectivity index (χ3n) is 3.43. The molecule has 108 valence electrons. The maximum atomic E-state index is 13.0. The SMILES string of the molecule is CCCNC(C)C(CC)c1ccccc1C(F)(F)F. The smallest absolute Gasteiger partial charge is 0.314 e. The Morgan fingerprint density at radius 1 is 1.16 bits per heavy atom. The molecule has 0 aliphatic carbocycles. The second-order valence-electron chi connectivity index (χ2n) is 4.84. The Hall–Kier alpha value is -1.03. The summed E-state index contributed by atoms with van der Waals surface area (Å²) in [6.07, 6.45) is -2.62. The van der Waals surface area contributed by atoms with E-state index in [1.54, 1.807) is 12.1 Å². The summed E-state index contributed by atoms with van der Waals surface area (Å²) in [6.45, 7) is 6.76. The first-order chi connectivity index (χ1) is 8.91. The molecule has 0 spiro atoms. The molecular formula is C15H22F3N. The van der Waals surface area contributed by atoms with Crippen LogP contribution < -0.4 is 5.32 Å². The van der Waals surface area contributed by atoms with Gasteiger partial charge in [-0.15, -0.1) is 0 Å². The minimum absolute atomic E-state index is 0.0356. The van der Waals surface area contributed by atoms with E-state index in [9.17, 15) is 13.2 Å². The monoisotopic (exact) mass is 273 g/mol. The van der Waals surface area contributed by atoms with Crippen LogP contribution in [-0.2, 0) is 6.18 Å². The van der Waals surface area contributed by atoms with E-state index in [0.717, 1.165) is 13.0 Å². The van der Waals surface area contributed by atoms with Gasteiger partial charge in [0, 0.05) is 6.04 Å². The Bertz CT molecular complexity index is 387. The van der Waals surface area contributed by atoms with Crippen molar-refractivity contribution in [2.75, 3.05) is 6.54 Å². The summed E-state index contributed by atoms with van der Waals surface area (Å²) in [4.78, 5) is 0. The molecule has 1 N–H and O–H groups in total. The van der Waals surface area contributed by atoms with Gasteiger partial charge in [-0.25, -0.2) is 0 Å². The molecule has 19 heavy (non-hydrogen) atoms. The van der Waals surface area contributed by atoms with E-state index >= 15 is 0 Å². The van der Waals surface area contributed by atoms with E-state index in [4.69, 9.17) is 0 Å². The average molecular weight is 273 g/mol. The van der Waals surface area contributed by atoms with Crippen molar-refractivity contribution in [1.29, 1.82) is 0 Å². The Morgan fingerprint density at radius 2 is 1.79 bits per heavy atom. The number of rotatable bonds is 6. The van der Waals surface area contributed by atoms with Crippen molar-refractivity contribution in [3.63, 3.8) is 0 Å². The zero-order valence-corrected chi connectivity index (χ0v) is 11.7. The number of benzene rings is 1. The van der Waals surface area contributed by atoms with Crippen LogP contribution in [0.5, 0.6) is 0 Å². The molecule has 1 rings (SSSR count). The quantitative estimate of drug-likeness (QED) is 0.799. The van der Waals surface area contributed by atoms with Gasteiger partial charge < -0.3 is 5.32 Å². The van der Waals surface area contributed by atoms with Gasteiger partial charge in [-0.05, 0) is 43.9 Å². The molecule has 0 amide bonds. The first-order valence-electron chi connectivity index (χ1n) is 6.81. The van der Waals surface area contributed by atoms with Crippen LogP contribution >= 0.6 is 0 Å². The Labute approximate surface area is 113 Å². The van der Waals surface area contributed by atoms with E-state index in [2.05, 4.69) is 5.32 Å². The summed E-state index contributed by atoms with van der Waals surface area (Å²) >= 11 is 0. The molecule has 1 aromatic rings. The van der Waals surface area contributed by atoms with Crippen molar-refractivity contribution in [2.45, 2.75) is 51.7 Å². The van der Waals surface area contributed by atoms with Crippen LogP contribution in [0, 0.1) is 0 Å². The largest absolute Gasteiger partial charge is 0.416 e. The summed E-state index contributed by atoms with van der Waals surface area (Å²) in [6, 6.07) is 5.93. The van der Waals surface area contributed by atoms with Gasteiger partial charge in [0.2, 0.25) is 0 Å². The maximum Gasteiger partial charge on any atom is 0.416 e. The number of hydrogen-bond donors (Lipinski definition) is 1. The highest BCUT2D eigenvalue weighted by atomic mass is 19.4. The molecule has 0 aromatic heterocycles. The lowest BCUT2D eigenvalue weighted by molar-refractivity contribution is -0.138. The lowest BCUT2D eigenvalue weighted by Crippen LogP contribution is -2.33. The van der Waals surface area contributed by atoms with Gasteiger partial charge in [-0.1, -0.05) is 32.0 Å². The first-order valence-corrected chi connectivity index (χ1v) is 6.81. The zero-order valence-electron chi connectivity index (χ0n) is 11.7. The third kappa shape index (κ3) is 4.23. The standard InChI is InChI=1S/C15H22F3N/c1-4-10-19-11(3)12(5-2)13-8-6-7-9-14(13)15(16,17)18/h6-9,11-12,19H,4-5,10H2,1-3H3. The molecule has 0 saturated heterocycles. The van der Waals surface area contributed by atoms with Crippen molar-refractivity contribution in [2.24, 2.45) is 0 Å². The topological polar surface area (TPSA) is 12.0 Å². The summed E-state index contributed by atoms with van der Waals surface area (Å²) < 4.78 is 39.1. The van der Waals surface area contributed by atoms with Crippen LogP contribution in [0.1, 0.15) is 50.7 Å². The molecule has 0 aliphatic rings. The summed E-state index contributed by atoms with van der Waals surface area (Å²) in [5, 5.41) is 3.29. The summed E-state index contributed by atoms with van der Waals surface area (Å²) in [5.41, 5.74) is -0.111. The van der Waals surface area contributed by atoms with Crippen LogP contribution in [0.3, 0.4) is 0 Å². The zero-order chi connectivity index (χ0) is 14.5. The molecule has 0 heterocycles. The van der Waals surface area contributed by atoms with E-state index in [-0.39, 0.29) is 12.0 Å². The van der Waals surface area contributed by atoms with Crippen LogP contribution in [0.2, 0.25) is 0 Å². The van der Waals surface area contributed by atoms with Crippen molar-refractivity contribution >= 4 is 0 Å². The molecular weight excluding hydrogens is 251 g/mol. The number of hydrogen-bond acceptors (Lipinski definition) is 1. The highest BCUT2D eigenvalue weighted by Crippen LogP contribution is 2.37. The van der Waals surface area contributed by atoms with Gasteiger partial charge in [-0.3, -0.25) is 0 Å². The Morgan fingerprint density at radius 3 is 2.32 bits per heavy atom. The second-order valence-corrected chi connectivity index (χ2v) is 4.84. The normalized spacial score (nSPS) is 15.3. The van der Waals surface area contributed by atoms with Gasteiger partial charge in [0.05, 0.1) is 5.56 Å². The minimum atomic E-state index is -4.28. The van der Waals surface area contributed by atoms with Gasteiger partial charge in [0.25, 0.3) is 0 Å². The highest BCUT2D eigenvalue weighted by Gasteiger charge is 2.35. The average Bonchev–Trinajstić information content (AvgIpc) is 2.36. The van der Waals surface area contributed by atoms with Crippen molar-refractivity contribution in [1.82, 2.24) is 5.32 Å². The number of nitrogens with one attached hydrogen (secondary N) is 1. The molecule has 2 atom stereocenters. The van der Waals surface area contributed by atoms with Crippen LogP contribution in [0.15, 0.2) is 24.3 Å². The molecule has 1 nitrogen and oxygen atoms in total. The predicted octanol–water partition coefficient (Wildman–Crippen LogP) is 4.59. The van der Waals surface area contributed by atoms with E-state index in [1.807, 2.05) is 20.8 Å². The van der Waals surface area contributed by atoms with Crippen molar-refractivity contribution in [3.8, 4) is 0 Å². The Kier molecular flexibility index (Phi) is 5.85. The van der Waals surface area contributed by atoms with Crippen LogP contribution in [0.4, 0.5) is 13.2 Å². The fraction of sp³-hybridized carbons (Fsp3) is 0.600. The van der Waals surface area contributed by atoms with Gasteiger partial charge in [0.1, 0.15) is 0 Å². The van der Waals surface area contributed by atoms with Crippen LogP contribution in [-0.4, -0.2) is 12.6 Å². The molecule has 0 radical (unpaired) electrons. The van der Waals surface area contributed by atoms with Gasteiger partial charge in [-0.2, -0.15) is 13.2 Å². The van der Waals surface area contributed by atoms with Crippen LogP contribution in [0.25, 0.3) is 0 Å². The van der Waals surface area contributed by atoms with E-state index in [1.165, 1.54) is 12.1 Å².